The Labute approximate surface area is 124 Å². The first-order valence-electron chi connectivity index (χ1n) is 5.97. The summed E-state index contributed by atoms with van der Waals surface area (Å²) in [6.07, 6.45) is 2.67. The number of fused-ring (bicyclic) bond motifs is 1. The molecule has 0 saturated heterocycles. The van der Waals surface area contributed by atoms with Crippen LogP contribution in [0.4, 0.5) is 0 Å². The van der Waals surface area contributed by atoms with E-state index in [0.717, 1.165) is 15.7 Å². The standard InChI is InChI=1S/C14H12INO3/c15-10-6-12(14(17)18)16(7-10)8-11-5-9-3-1-2-4-13(9)19-11/h1-4,6-7,11H,5,8H2,(H,17,18). The van der Waals surface area contributed by atoms with Crippen molar-refractivity contribution in [1.82, 2.24) is 4.57 Å². The fraction of sp³-hybridized carbons (Fsp3) is 0.214. The van der Waals surface area contributed by atoms with Crippen LogP contribution >= 0.6 is 22.6 Å². The largest absolute Gasteiger partial charge is 0.488 e. The van der Waals surface area contributed by atoms with Gasteiger partial charge in [-0.1, -0.05) is 18.2 Å². The number of ether oxygens (including phenoxy) is 1. The van der Waals surface area contributed by atoms with Gasteiger partial charge in [-0.25, -0.2) is 4.79 Å². The first-order chi connectivity index (χ1) is 9.13. The van der Waals surface area contributed by atoms with Gasteiger partial charge in [0.05, 0.1) is 6.54 Å². The molecule has 1 N–H and O–H groups in total. The molecule has 0 amide bonds. The van der Waals surface area contributed by atoms with Crippen LogP contribution in [-0.2, 0) is 13.0 Å². The molecule has 2 aromatic rings. The zero-order chi connectivity index (χ0) is 13.4. The molecular formula is C14H12INO3. The number of carboxylic acid groups (broad SMARTS) is 1. The van der Waals surface area contributed by atoms with E-state index in [1.165, 1.54) is 5.56 Å². The van der Waals surface area contributed by atoms with Crippen molar-refractivity contribution in [3.63, 3.8) is 0 Å². The number of halogens is 1. The molecule has 2 heterocycles. The molecule has 1 aromatic carbocycles. The number of aromatic carboxylic acids is 1. The Hall–Kier alpha value is -1.50. The number of hydrogen-bond donors (Lipinski definition) is 1. The van der Waals surface area contributed by atoms with Crippen LogP contribution in [0.5, 0.6) is 5.75 Å². The van der Waals surface area contributed by atoms with Gasteiger partial charge in [0.25, 0.3) is 0 Å². The van der Waals surface area contributed by atoms with E-state index >= 15 is 0 Å². The van der Waals surface area contributed by atoms with Crippen molar-refractivity contribution in [1.29, 1.82) is 0 Å². The van der Waals surface area contributed by atoms with E-state index in [4.69, 9.17) is 9.84 Å². The minimum atomic E-state index is -0.904. The third-order valence-electron chi connectivity index (χ3n) is 3.20. The zero-order valence-electron chi connectivity index (χ0n) is 10.0. The Morgan fingerprint density at radius 3 is 3.00 bits per heavy atom. The lowest BCUT2D eigenvalue weighted by Gasteiger charge is -2.13. The summed E-state index contributed by atoms with van der Waals surface area (Å²) in [6, 6.07) is 9.61. The van der Waals surface area contributed by atoms with Crippen molar-refractivity contribution in [2.75, 3.05) is 0 Å². The number of nitrogens with zero attached hydrogens (tertiary/aromatic N) is 1. The molecular weight excluding hydrogens is 357 g/mol. The lowest BCUT2D eigenvalue weighted by molar-refractivity contribution is 0.0682. The average molecular weight is 369 g/mol. The quantitative estimate of drug-likeness (QED) is 0.847. The molecule has 0 saturated carbocycles. The second-order valence-electron chi connectivity index (χ2n) is 4.55. The van der Waals surface area contributed by atoms with Crippen LogP contribution in [0.3, 0.4) is 0 Å². The van der Waals surface area contributed by atoms with Crippen LogP contribution in [-0.4, -0.2) is 21.7 Å². The fourth-order valence-corrected chi connectivity index (χ4v) is 3.01. The molecule has 5 heteroatoms. The van der Waals surface area contributed by atoms with Gasteiger partial charge in [0.1, 0.15) is 17.5 Å². The summed E-state index contributed by atoms with van der Waals surface area (Å²) >= 11 is 2.12. The van der Waals surface area contributed by atoms with Crippen molar-refractivity contribution >= 4 is 28.6 Å². The highest BCUT2D eigenvalue weighted by Crippen LogP contribution is 2.29. The molecule has 1 aromatic heterocycles. The second-order valence-corrected chi connectivity index (χ2v) is 5.80. The van der Waals surface area contributed by atoms with Gasteiger partial charge < -0.3 is 14.4 Å². The smallest absolute Gasteiger partial charge is 0.352 e. The molecule has 4 nitrogen and oxygen atoms in total. The van der Waals surface area contributed by atoms with Crippen LogP contribution in [0.1, 0.15) is 16.1 Å². The summed E-state index contributed by atoms with van der Waals surface area (Å²) in [5.41, 5.74) is 1.50. The van der Waals surface area contributed by atoms with Crippen molar-refractivity contribution in [3.8, 4) is 5.75 Å². The molecule has 19 heavy (non-hydrogen) atoms. The van der Waals surface area contributed by atoms with Crippen molar-refractivity contribution in [2.45, 2.75) is 19.1 Å². The first-order valence-corrected chi connectivity index (χ1v) is 7.05. The van der Waals surface area contributed by atoms with Crippen LogP contribution in [0, 0.1) is 3.57 Å². The molecule has 0 spiro atoms. The second kappa shape index (κ2) is 4.88. The molecule has 1 unspecified atom stereocenters. The van der Waals surface area contributed by atoms with E-state index in [9.17, 15) is 4.79 Å². The summed E-state index contributed by atoms with van der Waals surface area (Å²) in [7, 11) is 0. The molecule has 0 radical (unpaired) electrons. The van der Waals surface area contributed by atoms with Crippen LogP contribution in [0.25, 0.3) is 0 Å². The van der Waals surface area contributed by atoms with Gasteiger partial charge in [-0.05, 0) is 40.3 Å². The first kappa shape index (κ1) is 12.5. The van der Waals surface area contributed by atoms with E-state index in [0.29, 0.717) is 12.2 Å². The van der Waals surface area contributed by atoms with E-state index in [2.05, 4.69) is 22.6 Å². The topological polar surface area (TPSA) is 51.5 Å². The number of hydrogen-bond acceptors (Lipinski definition) is 2. The number of benzene rings is 1. The molecule has 0 fully saturated rings. The van der Waals surface area contributed by atoms with Crippen molar-refractivity contribution in [3.05, 3.63) is 51.4 Å². The Morgan fingerprint density at radius 1 is 1.47 bits per heavy atom. The minimum Gasteiger partial charge on any atom is -0.488 e. The van der Waals surface area contributed by atoms with E-state index in [-0.39, 0.29) is 6.10 Å². The van der Waals surface area contributed by atoms with Crippen molar-refractivity contribution < 1.29 is 14.6 Å². The monoisotopic (exact) mass is 369 g/mol. The van der Waals surface area contributed by atoms with Gasteiger partial charge in [-0.3, -0.25) is 0 Å². The van der Waals surface area contributed by atoms with Crippen LogP contribution in [0.15, 0.2) is 36.5 Å². The lowest BCUT2D eigenvalue weighted by Crippen LogP contribution is -2.22. The van der Waals surface area contributed by atoms with Crippen LogP contribution in [0.2, 0.25) is 0 Å². The highest BCUT2D eigenvalue weighted by molar-refractivity contribution is 14.1. The SMILES string of the molecule is O=C(O)c1cc(I)cn1CC1Cc2ccccc2O1. The Bertz CT molecular complexity index is 610. The highest BCUT2D eigenvalue weighted by Gasteiger charge is 2.24. The zero-order valence-corrected chi connectivity index (χ0v) is 12.2. The maximum Gasteiger partial charge on any atom is 0.352 e. The number of aromatic nitrogens is 1. The number of carboxylic acids is 1. The van der Waals surface area contributed by atoms with Gasteiger partial charge in [-0.2, -0.15) is 0 Å². The van der Waals surface area contributed by atoms with Crippen molar-refractivity contribution in [2.24, 2.45) is 0 Å². The fourth-order valence-electron chi connectivity index (χ4n) is 2.38. The predicted molar refractivity (Wildman–Crippen MR) is 78.7 cm³/mol. The molecule has 3 rings (SSSR count). The van der Waals surface area contributed by atoms with E-state index in [1.54, 1.807) is 10.6 Å². The highest BCUT2D eigenvalue weighted by atomic mass is 127. The third-order valence-corrected chi connectivity index (χ3v) is 3.79. The molecule has 1 atom stereocenters. The minimum absolute atomic E-state index is 0.00120. The Morgan fingerprint density at radius 2 is 2.26 bits per heavy atom. The molecule has 1 aliphatic rings. The molecule has 0 bridgehead atoms. The average Bonchev–Trinajstić information content (AvgIpc) is 2.92. The van der Waals surface area contributed by atoms with Crippen LogP contribution < -0.4 is 4.74 Å². The molecule has 1 aliphatic heterocycles. The van der Waals surface area contributed by atoms with Gasteiger partial charge in [0.15, 0.2) is 0 Å². The number of carbonyl (C=O) groups is 1. The number of para-hydroxylation sites is 1. The van der Waals surface area contributed by atoms with Gasteiger partial charge in [0, 0.05) is 16.2 Å². The molecule has 98 valence electrons. The number of rotatable bonds is 3. The lowest BCUT2D eigenvalue weighted by atomic mass is 10.1. The summed E-state index contributed by atoms with van der Waals surface area (Å²) in [5, 5.41) is 9.16. The van der Waals surface area contributed by atoms with Gasteiger partial charge >= 0.3 is 5.97 Å². The van der Waals surface area contributed by atoms with E-state index in [1.807, 2.05) is 30.5 Å². The summed E-state index contributed by atoms with van der Waals surface area (Å²) in [5.74, 6) is 0.00431. The summed E-state index contributed by atoms with van der Waals surface area (Å²) in [4.78, 5) is 11.2. The normalized spacial score (nSPS) is 17.0. The molecule has 0 aliphatic carbocycles. The van der Waals surface area contributed by atoms with E-state index < -0.39 is 5.97 Å². The Kier molecular flexibility index (Phi) is 3.22. The summed E-state index contributed by atoms with van der Waals surface area (Å²) < 4.78 is 8.51. The maximum absolute atomic E-state index is 11.2. The van der Waals surface area contributed by atoms with Gasteiger partial charge in [0.2, 0.25) is 0 Å². The summed E-state index contributed by atoms with van der Waals surface area (Å²) in [6.45, 7) is 0.555. The predicted octanol–water partition coefficient (Wildman–Crippen LogP) is 2.79. The third kappa shape index (κ3) is 2.47. The maximum atomic E-state index is 11.2. The van der Waals surface area contributed by atoms with Gasteiger partial charge in [-0.15, -0.1) is 0 Å². The Balaban J connectivity index is 1.79.